The van der Waals surface area contributed by atoms with Crippen LogP contribution in [0, 0.1) is 11.8 Å². The summed E-state index contributed by atoms with van der Waals surface area (Å²) in [5.74, 6) is 1.41. The third-order valence-corrected chi connectivity index (χ3v) is 4.50. The zero-order chi connectivity index (χ0) is 13.3. The number of nitrogens with one attached hydrogen (secondary N) is 1. The number of rotatable bonds is 3. The molecule has 1 saturated carbocycles. The van der Waals surface area contributed by atoms with Gasteiger partial charge in [0, 0.05) is 6.54 Å². The molecule has 0 spiro atoms. The van der Waals surface area contributed by atoms with Gasteiger partial charge in [-0.25, -0.2) is 0 Å². The summed E-state index contributed by atoms with van der Waals surface area (Å²) in [5.41, 5.74) is -0.695. The van der Waals surface area contributed by atoms with Crippen LogP contribution in [0.5, 0.6) is 0 Å². The molecule has 0 aromatic rings. The van der Waals surface area contributed by atoms with Crippen LogP contribution in [0.15, 0.2) is 0 Å². The fourth-order valence-corrected chi connectivity index (χ4v) is 3.18. The molecular formula is C14H24N2O2. The van der Waals surface area contributed by atoms with E-state index in [1.807, 2.05) is 13.8 Å². The van der Waals surface area contributed by atoms with Gasteiger partial charge in [0.2, 0.25) is 11.8 Å². The minimum atomic E-state index is -0.695. The van der Waals surface area contributed by atoms with Crippen LogP contribution in [0.4, 0.5) is 0 Å². The van der Waals surface area contributed by atoms with E-state index < -0.39 is 5.54 Å². The second kappa shape index (κ2) is 4.90. The Labute approximate surface area is 109 Å². The molecule has 2 fully saturated rings. The second-order valence-corrected chi connectivity index (χ2v) is 6.20. The van der Waals surface area contributed by atoms with Gasteiger partial charge in [0.15, 0.2) is 0 Å². The van der Waals surface area contributed by atoms with Crippen LogP contribution in [-0.2, 0) is 9.59 Å². The Bertz CT molecular complexity index is 356. The lowest BCUT2D eigenvalue weighted by molar-refractivity contribution is -0.149. The monoisotopic (exact) mass is 252 g/mol. The Kier molecular flexibility index (Phi) is 3.64. The Morgan fingerprint density at radius 1 is 1.39 bits per heavy atom. The van der Waals surface area contributed by atoms with E-state index in [1.165, 1.54) is 19.3 Å². The number of hydrogen-bond acceptors (Lipinski definition) is 2. The Hall–Kier alpha value is -1.06. The topological polar surface area (TPSA) is 49.4 Å². The summed E-state index contributed by atoms with van der Waals surface area (Å²) in [7, 11) is 0. The van der Waals surface area contributed by atoms with Crippen molar-refractivity contribution in [3.05, 3.63) is 0 Å². The van der Waals surface area contributed by atoms with Crippen LogP contribution in [-0.4, -0.2) is 35.3 Å². The highest BCUT2D eigenvalue weighted by atomic mass is 16.2. The van der Waals surface area contributed by atoms with Crippen molar-refractivity contribution in [1.29, 1.82) is 0 Å². The minimum absolute atomic E-state index is 0.0232. The average molecular weight is 252 g/mol. The highest BCUT2D eigenvalue weighted by molar-refractivity contribution is 5.97. The van der Waals surface area contributed by atoms with E-state index in [2.05, 4.69) is 12.2 Å². The molecule has 4 nitrogen and oxygen atoms in total. The number of carbonyl (C=O) groups excluding carboxylic acids is 2. The van der Waals surface area contributed by atoms with Gasteiger partial charge in [-0.15, -0.1) is 0 Å². The molecular weight excluding hydrogens is 228 g/mol. The van der Waals surface area contributed by atoms with Crippen molar-refractivity contribution in [2.24, 2.45) is 11.8 Å². The van der Waals surface area contributed by atoms with Crippen molar-refractivity contribution in [2.75, 3.05) is 13.1 Å². The average Bonchev–Trinajstić information content (AvgIpc) is 2.71. The summed E-state index contributed by atoms with van der Waals surface area (Å²) < 4.78 is 0. The first-order valence-electron chi connectivity index (χ1n) is 7.05. The first-order chi connectivity index (χ1) is 8.44. The number of hydrogen-bond donors (Lipinski definition) is 1. The van der Waals surface area contributed by atoms with Crippen LogP contribution in [0.3, 0.4) is 0 Å². The maximum Gasteiger partial charge on any atom is 0.248 e. The normalized spacial score (nSPS) is 36.9. The first-order valence-corrected chi connectivity index (χ1v) is 7.05. The van der Waals surface area contributed by atoms with E-state index >= 15 is 0 Å². The molecule has 1 aliphatic heterocycles. The van der Waals surface area contributed by atoms with Gasteiger partial charge < -0.3 is 10.2 Å². The molecule has 2 aliphatic rings. The Morgan fingerprint density at radius 2 is 2.11 bits per heavy atom. The molecule has 1 N–H and O–H groups in total. The highest BCUT2D eigenvalue weighted by Crippen LogP contribution is 2.31. The third kappa shape index (κ3) is 2.52. The molecule has 4 heteroatoms. The molecule has 0 radical (unpaired) electrons. The van der Waals surface area contributed by atoms with Gasteiger partial charge in [0.05, 0.1) is 6.54 Å². The third-order valence-electron chi connectivity index (χ3n) is 4.50. The van der Waals surface area contributed by atoms with Crippen LogP contribution >= 0.6 is 0 Å². The standard InChI is InChI=1S/C14H24N2O2/c1-4-14(3)13(18)16(9-12(17)15-14)8-11-6-5-10(2)7-11/h10-11H,4-9H2,1-3H3,(H,15,17). The first kappa shape index (κ1) is 13.4. The summed E-state index contributed by atoms with van der Waals surface area (Å²) in [5, 5.41) is 2.83. The predicted octanol–water partition coefficient (Wildman–Crippen LogP) is 1.55. The number of piperazine rings is 1. The van der Waals surface area contributed by atoms with Gasteiger partial charge in [-0.05, 0) is 38.0 Å². The molecule has 3 atom stereocenters. The van der Waals surface area contributed by atoms with Gasteiger partial charge in [-0.1, -0.05) is 20.3 Å². The van der Waals surface area contributed by atoms with E-state index in [0.717, 1.165) is 12.5 Å². The fourth-order valence-electron chi connectivity index (χ4n) is 3.18. The van der Waals surface area contributed by atoms with E-state index in [1.54, 1.807) is 4.90 Å². The van der Waals surface area contributed by atoms with E-state index in [-0.39, 0.29) is 18.4 Å². The SMILES string of the molecule is CCC1(C)NC(=O)CN(CC2CCC(C)C2)C1=O. The van der Waals surface area contributed by atoms with Crippen LogP contribution in [0.1, 0.15) is 46.5 Å². The zero-order valence-electron chi connectivity index (χ0n) is 11.7. The van der Waals surface area contributed by atoms with Crippen molar-refractivity contribution in [2.45, 2.75) is 52.0 Å². The maximum atomic E-state index is 12.4. The van der Waals surface area contributed by atoms with Crippen LogP contribution in [0.2, 0.25) is 0 Å². The van der Waals surface area contributed by atoms with Crippen LogP contribution < -0.4 is 5.32 Å². The molecule has 0 bridgehead atoms. The molecule has 1 heterocycles. The van der Waals surface area contributed by atoms with E-state index in [0.29, 0.717) is 12.3 Å². The molecule has 0 aromatic heterocycles. The predicted molar refractivity (Wildman–Crippen MR) is 69.9 cm³/mol. The van der Waals surface area contributed by atoms with Gasteiger partial charge in [0.25, 0.3) is 0 Å². The Morgan fingerprint density at radius 3 is 2.67 bits per heavy atom. The van der Waals surface area contributed by atoms with Crippen molar-refractivity contribution in [3.8, 4) is 0 Å². The number of amides is 2. The van der Waals surface area contributed by atoms with Gasteiger partial charge in [0.1, 0.15) is 5.54 Å². The summed E-state index contributed by atoms with van der Waals surface area (Å²) >= 11 is 0. The minimum Gasteiger partial charge on any atom is -0.340 e. The van der Waals surface area contributed by atoms with Crippen molar-refractivity contribution >= 4 is 11.8 Å². The molecule has 18 heavy (non-hydrogen) atoms. The summed E-state index contributed by atoms with van der Waals surface area (Å²) in [6, 6.07) is 0. The van der Waals surface area contributed by atoms with Gasteiger partial charge in [-0.2, -0.15) is 0 Å². The van der Waals surface area contributed by atoms with Crippen molar-refractivity contribution < 1.29 is 9.59 Å². The molecule has 3 unspecified atom stereocenters. The lowest BCUT2D eigenvalue weighted by Crippen LogP contribution is -2.65. The number of nitrogens with zero attached hydrogens (tertiary/aromatic N) is 1. The lowest BCUT2D eigenvalue weighted by atomic mass is 9.93. The summed E-state index contributed by atoms with van der Waals surface area (Å²) in [6.45, 7) is 7.03. The molecule has 1 saturated heterocycles. The molecule has 102 valence electrons. The Balaban J connectivity index is 2.03. The molecule has 1 aliphatic carbocycles. The second-order valence-electron chi connectivity index (χ2n) is 6.20. The maximum absolute atomic E-state index is 12.4. The molecule has 0 aromatic carbocycles. The lowest BCUT2D eigenvalue weighted by Gasteiger charge is -2.40. The fraction of sp³-hybridized carbons (Fsp3) is 0.857. The van der Waals surface area contributed by atoms with Crippen molar-refractivity contribution in [3.63, 3.8) is 0 Å². The van der Waals surface area contributed by atoms with Crippen LogP contribution in [0.25, 0.3) is 0 Å². The van der Waals surface area contributed by atoms with E-state index in [4.69, 9.17) is 0 Å². The van der Waals surface area contributed by atoms with Crippen molar-refractivity contribution in [1.82, 2.24) is 10.2 Å². The smallest absolute Gasteiger partial charge is 0.248 e. The largest absolute Gasteiger partial charge is 0.340 e. The quantitative estimate of drug-likeness (QED) is 0.828. The van der Waals surface area contributed by atoms with E-state index in [9.17, 15) is 9.59 Å². The number of carbonyl (C=O) groups is 2. The van der Waals surface area contributed by atoms with Gasteiger partial charge in [-0.3, -0.25) is 9.59 Å². The zero-order valence-corrected chi connectivity index (χ0v) is 11.7. The highest BCUT2D eigenvalue weighted by Gasteiger charge is 2.42. The molecule has 2 rings (SSSR count). The summed E-state index contributed by atoms with van der Waals surface area (Å²) in [4.78, 5) is 25.9. The summed E-state index contributed by atoms with van der Waals surface area (Å²) in [6.07, 6.45) is 4.28. The van der Waals surface area contributed by atoms with Gasteiger partial charge >= 0.3 is 0 Å². The molecule has 2 amide bonds.